The Morgan fingerprint density at radius 1 is 1.03 bits per heavy atom. The molecule has 0 spiro atoms. The average molecular weight is 431 g/mol. The van der Waals surface area contributed by atoms with Gasteiger partial charge in [-0.3, -0.25) is 14.2 Å². The summed E-state index contributed by atoms with van der Waals surface area (Å²) in [5.41, 5.74) is 1.61. The van der Waals surface area contributed by atoms with E-state index in [4.69, 9.17) is 0 Å². The molecule has 1 amide bonds. The van der Waals surface area contributed by atoms with E-state index in [-0.39, 0.29) is 11.5 Å². The summed E-state index contributed by atoms with van der Waals surface area (Å²) in [6.45, 7) is 3.14. The first-order chi connectivity index (χ1) is 15.6. The number of nitrogens with zero attached hydrogens (tertiary/aromatic N) is 4. The van der Waals surface area contributed by atoms with Crippen LogP contribution in [0.25, 0.3) is 16.6 Å². The van der Waals surface area contributed by atoms with E-state index in [1.54, 1.807) is 6.07 Å². The Bertz CT molecular complexity index is 1190. The molecule has 0 radical (unpaired) electrons. The first-order valence-electron chi connectivity index (χ1n) is 11.7. The fourth-order valence-electron chi connectivity index (χ4n) is 5.54. The third kappa shape index (κ3) is 3.84. The van der Waals surface area contributed by atoms with Crippen LogP contribution in [0, 0.1) is 5.92 Å². The predicted molar refractivity (Wildman–Crippen MR) is 126 cm³/mol. The topological polar surface area (TPSA) is 58.4 Å². The number of carbonyl (C=O) groups excluding carboxylic acids is 1. The molecule has 3 heterocycles. The summed E-state index contributed by atoms with van der Waals surface area (Å²) in [4.78, 5) is 35.6. The van der Waals surface area contributed by atoms with Gasteiger partial charge in [-0.25, -0.2) is 4.98 Å². The van der Waals surface area contributed by atoms with E-state index in [1.165, 1.54) is 56.1 Å². The highest BCUT2D eigenvalue weighted by Crippen LogP contribution is 2.31. The number of rotatable bonds is 4. The Kier molecular flexibility index (Phi) is 5.79. The second-order valence-electron chi connectivity index (χ2n) is 9.14. The summed E-state index contributed by atoms with van der Waals surface area (Å²) in [7, 11) is 1.89. The van der Waals surface area contributed by atoms with Gasteiger partial charge in [-0.1, -0.05) is 30.7 Å². The van der Waals surface area contributed by atoms with Gasteiger partial charge >= 0.3 is 0 Å². The average Bonchev–Trinajstić information content (AvgIpc) is 2.84. The summed E-state index contributed by atoms with van der Waals surface area (Å²) >= 11 is 0. The summed E-state index contributed by atoms with van der Waals surface area (Å²) in [5.74, 6) is 0.462. The van der Waals surface area contributed by atoms with Crippen LogP contribution in [0.1, 0.15) is 42.5 Å². The minimum Gasteiger partial charge on any atom is -0.341 e. The molecule has 0 saturated carbocycles. The highest BCUT2D eigenvalue weighted by molar-refractivity contribution is 5.97. The smallest absolute Gasteiger partial charge is 0.265 e. The molecular formula is C26H30N4O2. The van der Waals surface area contributed by atoms with Crippen LogP contribution >= 0.6 is 0 Å². The van der Waals surface area contributed by atoms with Gasteiger partial charge in [0.2, 0.25) is 0 Å². The fraction of sp³-hybridized carbons (Fsp3) is 0.423. The fourth-order valence-corrected chi connectivity index (χ4v) is 5.54. The van der Waals surface area contributed by atoms with Crippen LogP contribution in [0.15, 0.2) is 59.7 Å². The molecular weight excluding hydrogens is 400 g/mol. The van der Waals surface area contributed by atoms with Gasteiger partial charge in [0.05, 0.1) is 22.2 Å². The van der Waals surface area contributed by atoms with Crippen molar-refractivity contribution in [3.8, 4) is 5.69 Å². The minimum atomic E-state index is -0.163. The van der Waals surface area contributed by atoms with Crippen LogP contribution in [-0.4, -0.2) is 58.0 Å². The lowest BCUT2D eigenvalue weighted by molar-refractivity contribution is 0.0403. The van der Waals surface area contributed by atoms with Gasteiger partial charge in [0, 0.05) is 19.6 Å². The molecule has 166 valence electrons. The monoisotopic (exact) mass is 430 g/mol. The van der Waals surface area contributed by atoms with Crippen LogP contribution in [0.4, 0.5) is 0 Å². The zero-order valence-electron chi connectivity index (χ0n) is 18.6. The molecule has 1 aromatic heterocycles. The van der Waals surface area contributed by atoms with E-state index in [0.717, 1.165) is 6.54 Å². The number of fused-ring (bicyclic) bond motifs is 2. The first-order valence-corrected chi connectivity index (χ1v) is 11.7. The van der Waals surface area contributed by atoms with E-state index in [1.807, 2.05) is 54.4 Å². The van der Waals surface area contributed by atoms with E-state index in [9.17, 15) is 9.59 Å². The van der Waals surface area contributed by atoms with E-state index in [2.05, 4.69) is 9.88 Å². The molecule has 6 heteroatoms. The van der Waals surface area contributed by atoms with Gasteiger partial charge in [-0.2, -0.15) is 0 Å². The minimum absolute atomic E-state index is 0.0476. The van der Waals surface area contributed by atoms with E-state index in [0.29, 0.717) is 34.1 Å². The van der Waals surface area contributed by atoms with E-state index < -0.39 is 0 Å². The maximum absolute atomic E-state index is 13.5. The van der Waals surface area contributed by atoms with Crippen LogP contribution in [-0.2, 0) is 0 Å². The summed E-state index contributed by atoms with van der Waals surface area (Å²) < 4.78 is 1.49. The van der Waals surface area contributed by atoms with Crippen molar-refractivity contribution in [3.05, 3.63) is 70.8 Å². The molecule has 6 nitrogen and oxygen atoms in total. The maximum Gasteiger partial charge on any atom is 0.265 e. The maximum atomic E-state index is 13.5. The molecule has 2 fully saturated rings. The molecule has 3 aromatic rings. The van der Waals surface area contributed by atoms with Crippen LogP contribution in [0.3, 0.4) is 0 Å². The number of hydrogen-bond donors (Lipinski definition) is 0. The molecule has 32 heavy (non-hydrogen) atoms. The lowest BCUT2D eigenvalue weighted by atomic mass is 9.83. The lowest BCUT2D eigenvalue weighted by Crippen LogP contribution is -2.51. The van der Waals surface area contributed by atoms with Crippen LogP contribution < -0.4 is 5.56 Å². The number of amides is 1. The van der Waals surface area contributed by atoms with Crippen LogP contribution in [0.2, 0.25) is 0 Å². The Morgan fingerprint density at radius 2 is 1.81 bits per heavy atom. The number of carbonyl (C=O) groups is 1. The van der Waals surface area contributed by atoms with Gasteiger partial charge in [0.1, 0.15) is 6.33 Å². The van der Waals surface area contributed by atoms with Crippen molar-refractivity contribution in [2.45, 2.75) is 38.1 Å². The number of benzene rings is 2. The molecule has 2 unspecified atom stereocenters. The molecule has 2 aromatic carbocycles. The number of para-hydroxylation sites is 2. The SMILES string of the molecule is CN(CC1CCCN2CCCCC12)C(=O)c1ccccc1-n1cnc2ccccc2c1=O. The highest BCUT2D eigenvalue weighted by atomic mass is 16.2. The van der Waals surface area contributed by atoms with Gasteiger partial charge in [0.25, 0.3) is 11.5 Å². The van der Waals surface area contributed by atoms with Crippen molar-refractivity contribution in [1.29, 1.82) is 0 Å². The number of aromatic nitrogens is 2. The zero-order valence-corrected chi connectivity index (χ0v) is 18.6. The molecule has 2 saturated heterocycles. The van der Waals surface area contributed by atoms with Gasteiger partial charge in [-0.15, -0.1) is 0 Å². The Hall–Kier alpha value is -2.99. The summed E-state index contributed by atoms with van der Waals surface area (Å²) in [6.07, 6.45) is 7.72. The molecule has 2 aliphatic heterocycles. The molecule has 5 rings (SSSR count). The van der Waals surface area contributed by atoms with Gasteiger partial charge in [0.15, 0.2) is 0 Å². The van der Waals surface area contributed by atoms with Crippen molar-refractivity contribution in [3.63, 3.8) is 0 Å². The first kappa shape index (κ1) is 20.9. The van der Waals surface area contributed by atoms with Gasteiger partial charge < -0.3 is 9.80 Å². The Labute approximate surface area is 188 Å². The molecule has 2 atom stereocenters. The van der Waals surface area contributed by atoms with Gasteiger partial charge in [-0.05, 0) is 69.0 Å². The highest BCUT2D eigenvalue weighted by Gasteiger charge is 2.34. The second kappa shape index (κ2) is 8.87. The third-order valence-corrected chi connectivity index (χ3v) is 7.14. The lowest BCUT2D eigenvalue weighted by Gasteiger charge is -2.45. The molecule has 0 bridgehead atoms. The molecule has 0 N–H and O–H groups in total. The molecule has 0 aliphatic carbocycles. The largest absolute Gasteiger partial charge is 0.341 e. The quantitative estimate of drug-likeness (QED) is 0.633. The van der Waals surface area contributed by atoms with Crippen LogP contribution in [0.5, 0.6) is 0 Å². The number of hydrogen-bond acceptors (Lipinski definition) is 4. The number of piperidine rings is 2. The van der Waals surface area contributed by atoms with Crippen molar-refractivity contribution >= 4 is 16.8 Å². The Balaban J connectivity index is 1.43. The van der Waals surface area contributed by atoms with Crippen molar-refractivity contribution in [1.82, 2.24) is 19.4 Å². The van der Waals surface area contributed by atoms with Crippen molar-refractivity contribution < 1.29 is 4.79 Å². The zero-order chi connectivity index (χ0) is 22.1. The Morgan fingerprint density at radius 3 is 2.72 bits per heavy atom. The predicted octanol–water partition coefficient (Wildman–Crippen LogP) is 3.72. The normalized spacial score (nSPS) is 21.3. The standard InChI is InChI=1S/C26H30N4O2/c1-28(17-19-9-8-16-29-15-7-6-13-23(19)29)25(31)21-11-3-5-14-24(21)30-18-27-22-12-4-2-10-20(22)26(30)32/h2-5,10-12,14,18-19,23H,6-9,13,15-17H2,1H3. The second-order valence-corrected chi connectivity index (χ2v) is 9.14. The summed E-state index contributed by atoms with van der Waals surface area (Å²) in [6, 6.07) is 15.2. The van der Waals surface area contributed by atoms with Crippen molar-refractivity contribution in [2.24, 2.45) is 5.92 Å². The van der Waals surface area contributed by atoms with E-state index >= 15 is 0 Å². The van der Waals surface area contributed by atoms with Crippen molar-refractivity contribution in [2.75, 3.05) is 26.7 Å². The third-order valence-electron chi connectivity index (χ3n) is 7.14. The molecule has 2 aliphatic rings. The summed E-state index contributed by atoms with van der Waals surface area (Å²) in [5, 5.41) is 0.546.